The zero-order valence-corrected chi connectivity index (χ0v) is 19.1. The van der Waals surface area contributed by atoms with E-state index in [1.807, 2.05) is 6.07 Å². The van der Waals surface area contributed by atoms with Gasteiger partial charge in [-0.15, -0.1) is 6.42 Å². The fourth-order valence-corrected chi connectivity index (χ4v) is 4.76. The molecule has 8 heteroatoms. The van der Waals surface area contributed by atoms with Crippen molar-refractivity contribution in [2.24, 2.45) is 0 Å². The van der Waals surface area contributed by atoms with Gasteiger partial charge in [-0.2, -0.15) is 9.97 Å². The standard InChI is InChI=1S/C26H24FN5O2/c1-5-16-7-6-8-17-9-18(33)10-19(21(16)17)23-22(27)24-20(11-28-23)25(31-26(30-24)34-4)32-12-14(2)29-15(3)13-32/h1,6-11,14-15,29,33H,12-13H2,2-4H3. The van der Waals surface area contributed by atoms with E-state index in [4.69, 9.17) is 11.2 Å². The Morgan fingerprint density at radius 2 is 1.97 bits per heavy atom. The lowest BCUT2D eigenvalue weighted by molar-refractivity contribution is 0.377. The van der Waals surface area contributed by atoms with Gasteiger partial charge in [-0.05, 0) is 37.4 Å². The van der Waals surface area contributed by atoms with Gasteiger partial charge in [0.15, 0.2) is 5.82 Å². The Kier molecular flexibility index (Phi) is 5.42. The van der Waals surface area contributed by atoms with Crippen molar-refractivity contribution in [2.45, 2.75) is 25.9 Å². The minimum Gasteiger partial charge on any atom is -0.508 e. The number of hydrogen-bond donors (Lipinski definition) is 2. The van der Waals surface area contributed by atoms with Gasteiger partial charge in [-0.3, -0.25) is 4.98 Å². The summed E-state index contributed by atoms with van der Waals surface area (Å²) < 4.78 is 21.4. The number of phenols is 1. The number of piperazine rings is 1. The van der Waals surface area contributed by atoms with Gasteiger partial charge in [0.25, 0.3) is 0 Å². The molecule has 2 unspecified atom stereocenters. The monoisotopic (exact) mass is 457 g/mol. The zero-order chi connectivity index (χ0) is 24.0. The number of methoxy groups -OCH3 is 1. The summed E-state index contributed by atoms with van der Waals surface area (Å²) in [5, 5.41) is 15.6. The van der Waals surface area contributed by atoms with Gasteiger partial charge >= 0.3 is 6.01 Å². The summed E-state index contributed by atoms with van der Waals surface area (Å²) in [7, 11) is 1.45. The minimum absolute atomic E-state index is 0.0114. The van der Waals surface area contributed by atoms with Crippen LogP contribution >= 0.6 is 0 Å². The van der Waals surface area contributed by atoms with E-state index in [-0.39, 0.29) is 35.1 Å². The number of fused-ring (bicyclic) bond motifs is 2. The molecule has 4 aromatic rings. The molecule has 2 aromatic heterocycles. The van der Waals surface area contributed by atoms with E-state index in [1.54, 1.807) is 24.4 Å². The number of rotatable bonds is 3. The van der Waals surface area contributed by atoms with Crippen LogP contribution in [0.4, 0.5) is 10.2 Å². The van der Waals surface area contributed by atoms with Gasteiger partial charge in [0, 0.05) is 47.9 Å². The molecule has 2 atom stereocenters. The molecule has 0 bridgehead atoms. The third-order valence-corrected chi connectivity index (χ3v) is 6.06. The molecule has 2 aromatic carbocycles. The fourth-order valence-electron chi connectivity index (χ4n) is 4.76. The van der Waals surface area contributed by atoms with Crippen LogP contribution in [-0.4, -0.2) is 52.3 Å². The van der Waals surface area contributed by atoms with Gasteiger partial charge in [-0.1, -0.05) is 18.1 Å². The second-order valence-corrected chi connectivity index (χ2v) is 8.63. The quantitative estimate of drug-likeness (QED) is 0.452. The molecule has 1 aliphatic rings. The summed E-state index contributed by atoms with van der Waals surface area (Å²) in [6.07, 6.45) is 7.30. The van der Waals surface area contributed by atoms with Crippen LogP contribution in [0.1, 0.15) is 19.4 Å². The summed E-state index contributed by atoms with van der Waals surface area (Å²) in [5.41, 5.74) is 1.12. The van der Waals surface area contributed by atoms with Crippen molar-refractivity contribution in [3.8, 4) is 35.4 Å². The Balaban J connectivity index is 1.77. The van der Waals surface area contributed by atoms with E-state index in [2.05, 4.69) is 44.9 Å². The Morgan fingerprint density at radius 1 is 1.21 bits per heavy atom. The summed E-state index contributed by atoms with van der Waals surface area (Å²) in [5.74, 6) is 2.58. The molecular formula is C26H24FN5O2. The Hall–Kier alpha value is -3.96. The summed E-state index contributed by atoms with van der Waals surface area (Å²) in [6, 6.07) is 8.99. The SMILES string of the molecule is C#Cc1cccc2cc(O)cc(-c3ncc4c(N5CC(C)NC(C)C5)nc(OC)nc4c3F)c12. The number of nitrogens with one attached hydrogen (secondary N) is 1. The largest absolute Gasteiger partial charge is 0.508 e. The molecule has 2 N–H and O–H groups in total. The predicted octanol–water partition coefficient (Wildman–Crippen LogP) is 3.87. The highest BCUT2D eigenvalue weighted by Crippen LogP contribution is 2.38. The van der Waals surface area contributed by atoms with E-state index < -0.39 is 5.82 Å². The number of halogens is 1. The number of aromatic hydroxyl groups is 1. The Labute approximate surface area is 196 Å². The Morgan fingerprint density at radius 3 is 2.68 bits per heavy atom. The molecular weight excluding hydrogens is 433 g/mol. The highest BCUT2D eigenvalue weighted by Gasteiger charge is 2.27. The lowest BCUT2D eigenvalue weighted by Crippen LogP contribution is -2.54. The smallest absolute Gasteiger partial charge is 0.318 e. The van der Waals surface area contributed by atoms with Crippen LogP contribution in [0.5, 0.6) is 11.8 Å². The maximum absolute atomic E-state index is 16.1. The van der Waals surface area contributed by atoms with Crippen molar-refractivity contribution in [1.29, 1.82) is 0 Å². The molecule has 0 amide bonds. The molecule has 5 rings (SSSR count). The van der Waals surface area contributed by atoms with Crippen LogP contribution in [-0.2, 0) is 0 Å². The predicted molar refractivity (Wildman–Crippen MR) is 131 cm³/mol. The maximum Gasteiger partial charge on any atom is 0.318 e. The third kappa shape index (κ3) is 3.64. The minimum atomic E-state index is -0.630. The van der Waals surface area contributed by atoms with Gasteiger partial charge in [0.1, 0.15) is 22.8 Å². The normalized spacial score (nSPS) is 18.3. The van der Waals surface area contributed by atoms with Crippen molar-refractivity contribution < 1.29 is 14.2 Å². The summed E-state index contributed by atoms with van der Waals surface area (Å²) in [6.45, 7) is 5.59. The average molecular weight is 458 g/mol. The van der Waals surface area contributed by atoms with Crippen molar-refractivity contribution in [1.82, 2.24) is 20.3 Å². The molecule has 1 aliphatic heterocycles. The molecule has 0 aliphatic carbocycles. The first-order valence-electron chi connectivity index (χ1n) is 11.0. The summed E-state index contributed by atoms with van der Waals surface area (Å²) in [4.78, 5) is 15.4. The highest BCUT2D eigenvalue weighted by atomic mass is 19.1. The van der Waals surface area contributed by atoms with E-state index >= 15 is 4.39 Å². The number of phenolic OH excluding ortho intramolecular Hbond substituents is 1. The molecule has 0 radical (unpaired) electrons. The number of benzene rings is 2. The zero-order valence-electron chi connectivity index (χ0n) is 19.1. The number of pyridine rings is 1. The van der Waals surface area contributed by atoms with Crippen LogP contribution in [0.15, 0.2) is 36.5 Å². The van der Waals surface area contributed by atoms with Crippen LogP contribution in [0, 0.1) is 18.2 Å². The lowest BCUT2D eigenvalue weighted by atomic mass is 9.96. The molecule has 7 nitrogen and oxygen atoms in total. The molecule has 172 valence electrons. The molecule has 1 fully saturated rings. The molecule has 34 heavy (non-hydrogen) atoms. The fraction of sp³-hybridized carbons (Fsp3) is 0.269. The molecule has 0 saturated carbocycles. The number of hydrogen-bond acceptors (Lipinski definition) is 7. The lowest BCUT2D eigenvalue weighted by Gasteiger charge is -2.37. The molecule has 1 saturated heterocycles. The van der Waals surface area contributed by atoms with E-state index in [9.17, 15) is 5.11 Å². The first-order chi connectivity index (χ1) is 16.4. The van der Waals surface area contributed by atoms with Crippen LogP contribution in [0.2, 0.25) is 0 Å². The van der Waals surface area contributed by atoms with E-state index in [0.717, 1.165) is 0 Å². The van der Waals surface area contributed by atoms with Gasteiger partial charge in [-0.25, -0.2) is 4.39 Å². The number of anilines is 1. The van der Waals surface area contributed by atoms with Gasteiger partial charge in [0.2, 0.25) is 0 Å². The third-order valence-electron chi connectivity index (χ3n) is 6.06. The first kappa shape index (κ1) is 21.9. The van der Waals surface area contributed by atoms with Gasteiger partial charge < -0.3 is 20.1 Å². The number of aromatic nitrogens is 3. The van der Waals surface area contributed by atoms with Crippen molar-refractivity contribution in [2.75, 3.05) is 25.1 Å². The Bertz CT molecular complexity index is 1460. The van der Waals surface area contributed by atoms with Crippen LogP contribution in [0.3, 0.4) is 0 Å². The molecule has 0 spiro atoms. The van der Waals surface area contributed by atoms with Crippen LogP contribution in [0.25, 0.3) is 32.9 Å². The van der Waals surface area contributed by atoms with Crippen molar-refractivity contribution in [3.63, 3.8) is 0 Å². The van der Waals surface area contributed by atoms with Crippen LogP contribution < -0.4 is 15.0 Å². The summed E-state index contributed by atoms with van der Waals surface area (Å²) >= 11 is 0. The maximum atomic E-state index is 16.1. The topological polar surface area (TPSA) is 83.4 Å². The number of nitrogens with zero attached hydrogens (tertiary/aromatic N) is 4. The number of terminal acetylenes is 1. The molecule has 3 heterocycles. The first-order valence-corrected chi connectivity index (χ1v) is 11.0. The van der Waals surface area contributed by atoms with E-state index in [1.165, 1.54) is 13.2 Å². The van der Waals surface area contributed by atoms with E-state index in [0.29, 0.717) is 46.2 Å². The average Bonchev–Trinajstić information content (AvgIpc) is 2.82. The highest BCUT2D eigenvalue weighted by molar-refractivity contribution is 6.02. The second-order valence-electron chi connectivity index (χ2n) is 8.63. The van der Waals surface area contributed by atoms with Crippen molar-refractivity contribution in [3.05, 3.63) is 47.9 Å². The van der Waals surface area contributed by atoms with Gasteiger partial charge in [0.05, 0.1) is 12.5 Å². The van der Waals surface area contributed by atoms with Crippen molar-refractivity contribution >= 4 is 27.5 Å². The number of ether oxygens (including phenoxy) is 1. The second kappa shape index (κ2) is 8.43.